The lowest BCUT2D eigenvalue weighted by Crippen LogP contribution is -2.48. The van der Waals surface area contributed by atoms with E-state index in [1.807, 2.05) is 36.1 Å². The van der Waals surface area contributed by atoms with Crippen LogP contribution >= 0.6 is 0 Å². The molecule has 1 fully saturated rings. The van der Waals surface area contributed by atoms with E-state index in [4.69, 9.17) is 0 Å². The molecule has 2 aromatic rings. The minimum Gasteiger partial charge on any atom is -0.340 e. The van der Waals surface area contributed by atoms with Crippen LogP contribution in [0, 0.1) is 5.82 Å². The van der Waals surface area contributed by atoms with Crippen molar-refractivity contribution in [1.29, 1.82) is 0 Å². The molecule has 2 heterocycles. The maximum Gasteiger partial charge on any atom is 0.223 e. The number of carbonyl (C=O) groups is 1. The Morgan fingerprint density at radius 3 is 2.52 bits per heavy atom. The summed E-state index contributed by atoms with van der Waals surface area (Å²) in [6.07, 6.45) is 2.15. The van der Waals surface area contributed by atoms with Gasteiger partial charge in [0, 0.05) is 45.3 Å². The molecule has 0 unspecified atom stereocenters. The normalized spacial score (nSPS) is 16.6. The number of pyridine rings is 1. The molecule has 0 saturated carbocycles. The largest absolute Gasteiger partial charge is 0.340 e. The molecule has 1 saturated heterocycles. The molecule has 0 aliphatic carbocycles. The Hall–Kier alpha value is -2.27. The average molecular weight is 341 g/mol. The summed E-state index contributed by atoms with van der Waals surface area (Å²) in [6.45, 7) is 5.85. The monoisotopic (exact) mass is 341 g/mol. The van der Waals surface area contributed by atoms with E-state index in [9.17, 15) is 9.18 Å². The van der Waals surface area contributed by atoms with Crippen LogP contribution in [0.2, 0.25) is 0 Å². The van der Waals surface area contributed by atoms with Crippen LogP contribution in [0.3, 0.4) is 0 Å². The maximum atomic E-state index is 13.9. The van der Waals surface area contributed by atoms with Crippen molar-refractivity contribution in [1.82, 2.24) is 14.8 Å². The van der Waals surface area contributed by atoms with Gasteiger partial charge in [-0.05, 0) is 29.7 Å². The highest BCUT2D eigenvalue weighted by atomic mass is 19.1. The Bertz CT molecular complexity index is 699. The van der Waals surface area contributed by atoms with Crippen LogP contribution in [-0.2, 0) is 11.3 Å². The smallest absolute Gasteiger partial charge is 0.223 e. The summed E-state index contributed by atoms with van der Waals surface area (Å²) in [5.41, 5.74) is 1.67. The summed E-state index contributed by atoms with van der Waals surface area (Å²) in [5.74, 6) is -0.239. The van der Waals surface area contributed by atoms with Crippen molar-refractivity contribution < 1.29 is 9.18 Å². The van der Waals surface area contributed by atoms with Crippen LogP contribution in [0.1, 0.15) is 30.5 Å². The van der Waals surface area contributed by atoms with E-state index in [1.54, 1.807) is 18.3 Å². The van der Waals surface area contributed by atoms with Crippen molar-refractivity contribution in [2.75, 3.05) is 26.2 Å². The Labute approximate surface area is 148 Å². The lowest BCUT2D eigenvalue weighted by Gasteiger charge is -2.35. The summed E-state index contributed by atoms with van der Waals surface area (Å²) < 4.78 is 13.9. The van der Waals surface area contributed by atoms with Crippen LogP contribution in [-0.4, -0.2) is 46.9 Å². The van der Waals surface area contributed by atoms with E-state index in [0.29, 0.717) is 12.0 Å². The zero-order chi connectivity index (χ0) is 17.6. The molecule has 1 aromatic heterocycles. The van der Waals surface area contributed by atoms with Crippen molar-refractivity contribution in [2.24, 2.45) is 0 Å². The van der Waals surface area contributed by atoms with Crippen LogP contribution in [0.5, 0.6) is 0 Å². The zero-order valence-corrected chi connectivity index (χ0v) is 14.6. The molecule has 0 spiro atoms. The Kier molecular flexibility index (Phi) is 5.76. The summed E-state index contributed by atoms with van der Waals surface area (Å²) in [6, 6.07) is 12.6. The number of hydrogen-bond donors (Lipinski definition) is 0. The SMILES string of the molecule is C[C@@H](CC(=O)N1CCN(Cc2ccccn2)CC1)c1ccccc1F. The molecule has 0 bridgehead atoms. The Morgan fingerprint density at radius 1 is 1.12 bits per heavy atom. The van der Waals surface area contributed by atoms with Gasteiger partial charge in [-0.1, -0.05) is 31.2 Å². The molecule has 0 N–H and O–H groups in total. The molecule has 1 atom stereocenters. The van der Waals surface area contributed by atoms with E-state index < -0.39 is 0 Å². The highest BCUT2D eigenvalue weighted by Crippen LogP contribution is 2.23. The fourth-order valence-electron chi connectivity index (χ4n) is 3.25. The first-order valence-electron chi connectivity index (χ1n) is 8.78. The van der Waals surface area contributed by atoms with E-state index >= 15 is 0 Å². The van der Waals surface area contributed by atoms with Gasteiger partial charge in [0.05, 0.1) is 5.69 Å². The Balaban J connectivity index is 1.49. The third-order valence-electron chi connectivity index (χ3n) is 4.75. The van der Waals surface area contributed by atoms with Crippen molar-refractivity contribution in [3.63, 3.8) is 0 Å². The van der Waals surface area contributed by atoms with Gasteiger partial charge in [0.2, 0.25) is 5.91 Å². The van der Waals surface area contributed by atoms with Crippen LogP contribution in [0.25, 0.3) is 0 Å². The van der Waals surface area contributed by atoms with Gasteiger partial charge < -0.3 is 4.90 Å². The minimum atomic E-state index is -0.233. The molecular weight excluding hydrogens is 317 g/mol. The molecule has 1 aliphatic heterocycles. The summed E-state index contributed by atoms with van der Waals surface area (Å²) in [4.78, 5) is 21.1. The first kappa shape index (κ1) is 17.5. The molecule has 3 rings (SSSR count). The Morgan fingerprint density at radius 2 is 1.84 bits per heavy atom. The second-order valence-electron chi connectivity index (χ2n) is 6.60. The molecule has 1 aromatic carbocycles. The number of hydrogen-bond acceptors (Lipinski definition) is 3. The fraction of sp³-hybridized carbons (Fsp3) is 0.400. The first-order chi connectivity index (χ1) is 12.1. The van der Waals surface area contributed by atoms with Gasteiger partial charge in [-0.25, -0.2) is 4.39 Å². The molecule has 4 nitrogen and oxygen atoms in total. The van der Waals surface area contributed by atoms with Gasteiger partial charge in [0.15, 0.2) is 0 Å². The second kappa shape index (κ2) is 8.21. The molecule has 0 radical (unpaired) electrons. The topological polar surface area (TPSA) is 36.4 Å². The average Bonchev–Trinajstić information content (AvgIpc) is 2.63. The predicted octanol–water partition coefficient (Wildman–Crippen LogP) is 3.06. The fourth-order valence-corrected chi connectivity index (χ4v) is 3.25. The van der Waals surface area contributed by atoms with E-state index in [-0.39, 0.29) is 17.6 Å². The quantitative estimate of drug-likeness (QED) is 0.839. The van der Waals surface area contributed by atoms with Crippen molar-refractivity contribution in [2.45, 2.75) is 25.8 Å². The van der Waals surface area contributed by atoms with Crippen LogP contribution < -0.4 is 0 Å². The molecule has 25 heavy (non-hydrogen) atoms. The number of rotatable bonds is 5. The third-order valence-corrected chi connectivity index (χ3v) is 4.75. The molecule has 1 aliphatic rings. The lowest BCUT2D eigenvalue weighted by atomic mass is 9.96. The van der Waals surface area contributed by atoms with Gasteiger partial charge in [-0.2, -0.15) is 0 Å². The van der Waals surface area contributed by atoms with Gasteiger partial charge in [0.1, 0.15) is 5.82 Å². The predicted molar refractivity (Wildman–Crippen MR) is 95.5 cm³/mol. The van der Waals surface area contributed by atoms with Crippen LogP contribution in [0.15, 0.2) is 48.7 Å². The van der Waals surface area contributed by atoms with Crippen molar-refractivity contribution in [3.05, 3.63) is 65.7 Å². The van der Waals surface area contributed by atoms with Crippen molar-refractivity contribution >= 4 is 5.91 Å². The summed E-state index contributed by atoms with van der Waals surface area (Å²) in [7, 11) is 0. The zero-order valence-electron chi connectivity index (χ0n) is 14.6. The summed E-state index contributed by atoms with van der Waals surface area (Å²) in [5, 5.41) is 0. The van der Waals surface area contributed by atoms with Crippen LogP contribution in [0.4, 0.5) is 4.39 Å². The minimum absolute atomic E-state index is 0.105. The lowest BCUT2D eigenvalue weighted by molar-refractivity contribution is -0.133. The standard InChI is InChI=1S/C20H24FN3O/c1-16(18-7-2-3-8-19(18)21)14-20(25)24-12-10-23(11-13-24)15-17-6-4-5-9-22-17/h2-9,16H,10-15H2,1H3/t16-/m0/s1. The number of benzene rings is 1. The van der Waals surface area contributed by atoms with E-state index in [0.717, 1.165) is 38.4 Å². The number of aromatic nitrogens is 1. The van der Waals surface area contributed by atoms with E-state index in [2.05, 4.69) is 9.88 Å². The van der Waals surface area contributed by atoms with Gasteiger partial charge in [0.25, 0.3) is 0 Å². The number of halogens is 1. The highest BCUT2D eigenvalue weighted by Gasteiger charge is 2.23. The van der Waals surface area contributed by atoms with Gasteiger partial charge in [-0.15, -0.1) is 0 Å². The van der Waals surface area contributed by atoms with E-state index in [1.165, 1.54) is 6.07 Å². The maximum absolute atomic E-state index is 13.9. The summed E-state index contributed by atoms with van der Waals surface area (Å²) >= 11 is 0. The number of nitrogens with zero attached hydrogens (tertiary/aromatic N) is 3. The van der Waals surface area contributed by atoms with Crippen molar-refractivity contribution in [3.8, 4) is 0 Å². The first-order valence-corrected chi connectivity index (χ1v) is 8.78. The molecular formula is C20H24FN3O. The number of amides is 1. The van der Waals surface area contributed by atoms with Gasteiger partial charge in [-0.3, -0.25) is 14.7 Å². The molecule has 1 amide bonds. The second-order valence-corrected chi connectivity index (χ2v) is 6.60. The molecule has 132 valence electrons. The number of piperazine rings is 1. The molecule has 5 heteroatoms. The van der Waals surface area contributed by atoms with Gasteiger partial charge >= 0.3 is 0 Å². The third kappa shape index (κ3) is 4.63. The number of carbonyl (C=O) groups excluding carboxylic acids is 1. The highest BCUT2D eigenvalue weighted by molar-refractivity contribution is 5.77.